The molecule has 2 aromatic rings. The van der Waals surface area contributed by atoms with Crippen LogP contribution in [-0.2, 0) is 11.2 Å². The van der Waals surface area contributed by atoms with Crippen molar-refractivity contribution in [3.05, 3.63) is 59.7 Å². The van der Waals surface area contributed by atoms with Crippen molar-refractivity contribution in [3.63, 3.8) is 0 Å². The third kappa shape index (κ3) is 3.28. The van der Waals surface area contributed by atoms with Crippen molar-refractivity contribution in [2.45, 2.75) is 6.42 Å². The third-order valence-corrected chi connectivity index (χ3v) is 2.58. The van der Waals surface area contributed by atoms with Gasteiger partial charge in [-0.05, 0) is 30.3 Å². The van der Waals surface area contributed by atoms with Gasteiger partial charge in [0.05, 0.1) is 6.42 Å². The maximum Gasteiger partial charge on any atom is 0.228 e. The maximum absolute atomic E-state index is 13.4. The van der Waals surface area contributed by atoms with Crippen LogP contribution in [0.5, 0.6) is 0 Å². The molecular formula is C14H12F2N2O. The van der Waals surface area contributed by atoms with E-state index in [2.05, 4.69) is 5.32 Å². The molecule has 0 aliphatic carbocycles. The quantitative estimate of drug-likeness (QED) is 0.836. The number of anilines is 2. The second-order valence-electron chi connectivity index (χ2n) is 4.06. The molecular weight excluding hydrogens is 250 g/mol. The zero-order chi connectivity index (χ0) is 13.8. The first kappa shape index (κ1) is 13.0. The monoisotopic (exact) mass is 262 g/mol. The topological polar surface area (TPSA) is 55.1 Å². The van der Waals surface area contributed by atoms with Crippen molar-refractivity contribution in [1.82, 2.24) is 0 Å². The zero-order valence-corrected chi connectivity index (χ0v) is 9.99. The molecule has 0 spiro atoms. The van der Waals surface area contributed by atoms with Gasteiger partial charge in [-0.3, -0.25) is 4.79 Å². The number of rotatable bonds is 3. The molecule has 2 rings (SSSR count). The normalized spacial score (nSPS) is 10.2. The summed E-state index contributed by atoms with van der Waals surface area (Å²) in [6.07, 6.45) is -0.228. The summed E-state index contributed by atoms with van der Waals surface area (Å²) >= 11 is 0. The summed E-state index contributed by atoms with van der Waals surface area (Å²) in [5, 5.41) is 2.58. The van der Waals surface area contributed by atoms with Crippen LogP contribution in [0.2, 0.25) is 0 Å². The van der Waals surface area contributed by atoms with E-state index in [1.54, 1.807) is 24.3 Å². The number of halogens is 2. The lowest BCUT2D eigenvalue weighted by Crippen LogP contribution is -2.15. The van der Waals surface area contributed by atoms with Crippen LogP contribution in [0.3, 0.4) is 0 Å². The number of carbonyl (C=O) groups is 1. The fourth-order valence-corrected chi connectivity index (χ4v) is 1.63. The van der Waals surface area contributed by atoms with Crippen LogP contribution in [0.25, 0.3) is 0 Å². The van der Waals surface area contributed by atoms with E-state index in [-0.39, 0.29) is 12.0 Å². The second-order valence-corrected chi connectivity index (χ2v) is 4.06. The molecule has 3 N–H and O–H groups in total. The van der Waals surface area contributed by atoms with Gasteiger partial charge in [0.1, 0.15) is 0 Å². The van der Waals surface area contributed by atoms with Crippen LogP contribution < -0.4 is 11.1 Å². The molecule has 0 radical (unpaired) electrons. The molecule has 0 unspecified atom stereocenters. The first-order valence-corrected chi connectivity index (χ1v) is 5.64. The molecule has 2 aromatic carbocycles. The summed E-state index contributed by atoms with van der Waals surface area (Å²) in [5.74, 6) is -2.37. The van der Waals surface area contributed by atoms with E-state index in [0.717, 1.165) is 6.07 Å². The molecule has 0 heterocycles. The summed E-state index contributed by atoms with van der Waals surface area (Å²) in [6.45, 7) is 0. The molecule has 98 valence electrons. The minimum Gasteiger partial charge on any atom is -0.399 e. The minimum absolute atomic E-state index is 0.0212. The van der Waals surface area contributed by atoms with E-state index in [1.165, 1.54) is 12.1 Å². The van der Waals surface area contributed by atoms with Gasteiger partial charge in [0.15, 0.2) is 11.6 Å². The van der Waals surface area contributed by atoms with Gasteiger partial charge in [-0.15, -0.1) is 0 Å². The second kappa shape index (κ2) is 5.48. The summed E-state index contributed by atoms with van der Waals surface area (Å²) < 4.78 is 26.4. The molecule has 19 heavy (non-hydrogen) atoms. The molecule has 0 saturated heterocycles. The summed E-state index contributed by atoms with van der Waals surface area (Å²) in [6, 6.07) is 10.3. The fraction of sp³-hybridized carbons (Fsp3) is 0.0714. The lowest BCUT2D eigenvalue weighted by molar-refractivity contribution is -0.115. The average molecular weight is 262 g/mol. The Kier molecular flexibility index (Phi) is 3.75. The van der Waals surface area contributed by atoms with Gasteiger partial charge in [-0.1, -0.05) is 12.1 Å². The number of hydrogen-bond acceptors (Lipinski definition) is 2. The van der Waals surface area contributed by atoms with Crippen LogP contribution >= 0.6 is 0 Å². The van der Waals surface area contributed by atoms with Gasteiger partial charge < -0.3 is 11.1 Å². The Morgan fingerprint density at radius 2 is 1.79 bits per heavy atom. The van der Waals surface area contributed by atoms with Crippen molar-refractivity contribution in [1.29, 1.82) is 0 Å². The van der Waals surface area contributed by atoms with E-state index in [0.29, 0.717) is 11.4 Å². The van der Waals surface area contributed by atoms with E-state index < -0.39 is 17.5 Å². The van der Waals surface area contributed by atoms with E-state index >= 15 is 0 Å². The van der Waals surface area contributed by atoms with Crippen LogP contribution in [0.4, 0.5) is 20.2 Å². The highest BCUT2D eigenvalue weighted by molar-refractivity contribution is 5.92. The van der Waals surface area contributed by atoms with Crippen molar-refractivity contribution < 1.29 is 13.6 Å². The Bertz CT molecular complexity index is 597. The smallest absolute Gasteiger partial charge is 0.228 e. The van der Waals surface area contributed by atoms with Crippen molar-refractivity contribution in [3.8, 4) is 0 Å². The summed E-state index contributed by atoms with van der Waals surface area (Å²) in [7, 11) is 0. The maximum atomic E-state index is 13.4. The molecule has 5 heteroatoms. The van der Waals surface area contributed by atoms with Gasteiger partial charge in [-0.2, -0.15) is 0 Å². The van der Waals surface area contributed by atoms with Crippen LogP contribution in [-0.4, -0.2) is 5.91 Å². The molecule has 0 atom stereocenters. The van der Waals surface area contributed by atoms with Crippen molar-refractivity contribution in [2.24, 2.45) is 0 Å². The highest BCUT2D eigenvalue weighted by Gasteiger charge is 2.11. The van der Waals surface area contributed by atoms with Crippen molar-refractivity contribution >= 4 is 17.3 Å². The molecule has 0 aromatic heterocycles. The first-order chi connectivity index (χ1) is 9.06. The minimum atomic E-state index is -0.991. The lowest BCUT2D eigenvalue weighted by atomic mass is 10.1. The fourth-order valence-electron chi connectivity index (χ4n) is 1.63. The molecule has 1 amide bonds. The van der Waals surface area contributed by atoms with E-state index in [4.69, 9.17) is 5.73 Å². The molecule has 0 bridgehead atoms. The summed E-state index contributed by atoms with van der Waals surface area (Å²) in [4.78, 5) is 11.7. The Hall–Kier alpha value is -2.43. The molecule has 0 aliphatic rings. The number of nitrogen functional groups attached to an aromatic ring is 1. The van der Waals surface area contributed by atoms with Gasteiger partial charge in [0.25, 0.3) is 0 Å². The predicted octanol–water partition coefficient (Wildman–Crippen LogP) is 2.73. The molecule has 0 saturated carbocycles. The Labute approximate surface area is 109 Å². The average Bonchev–Trinajstić information content (AvgIpc) is 2.38. The number of benzene rings is 2. The largest absolute Gasteiger partial charge is 0.399 e. The molecule has 3 nitrogen and oxygen atoms in total. The Balaban J connectivity index is 2.05. The Morgan fingerprint density at radius 3 is 2.47 bits per heavy atom. The van der Waals surface area contributed by atoms with Gasteiger partial charge >= 0.3 is 0 Å². The SMILES string of the molecule is Nc1ccc(NC(=O)Cc2cccc(F)c2F)cc1. The van der Waals surface area contributed by atoms with Crippen molar-refractivity contribution in [2.75, 3.05) is 11.1 Å². The van der Waals surface area contributed by atoms with E-state index in [1.807, 2.05) is 0 Å². The number of hydrogen-bond donors (Lipinski definition) is 2. The van der Waals surface area contributed by atoms with Gasteiger partial charge in [0.2, 0.25) is 5.91 Å². The highest BCUT2D eigenvalue weighted by atomic mass is 19.2. The Morgan fingerprint density at radius 1 is 1.11 bits per heavy atom. The molecule has 0 aliphatic heterocycles. The van der Waals surface area contributed by atoms with Crippen LogP contribution in [0.15, 0.2) is 42.5 Å². The number of amides is 1. The zero-order valence-electron chi connectivity index (χ0n) is 9.99. The van der Waals surface area contributed by atoms with Gasteiger partial charge in [0, 0.05) is 16.9 Å². The predicted molar refractivity (Wildman–Crippen MR) is 69.5 cm³/mol. The van der Waals surface area contributed by atoms with E-state index in [9.17, 15) is 13.6 Å². The first-order valence-electron chi connectivity index (χ1n) is 5.64. The molecule has 0 fully saturated rings. The number of nitrogens with two attached hydrogens (primary N) is 1. The summed E-state index contributed by atoms with van der Waals surface area (Å²) in [5.41, 5.74) is 6.66. The number of carbonyl (C=O) groups excluding carboxylic acids is 1. The highest BCUT2D eigenvalue weighted by Crippen LogP contribution is 2.14. The standard InChI is InChI=1S/C14H12F2N2O/c15-12-3-1-2-9(14(12)16)8-13(19)18-11-6-4-10(17)5-7-11/h1-7H,8,17H2,(H,18,19). The van der Waals surface area contributed by atoms with Crippen LogP contribution in [0.1, 0.15) is 5.56 Å². The number of nitrogens with one attached hydrogen (secondary N) is 1. The lowest BCUT2D eigenvalue weighted by Gasteiger charge is -2.06. The third-order valence-electron chi connectivity index (χ3n) is 2.58. The van der Waals surface area contributed by atoms with Gasteiger partial charge in [-0.25, -0.2) is 8.78 Å². The van der Waals surface area contributed by atoms with Crippen LogP contribution in [0, 0.1) is 11.6 Å².